The molecule has 0 aliphatic carbocycles. The van der Waals surface area contributed by atoms with Crippen LogP contribution in [0.5, 0.6) is 0 Å². The van der Waals surface area contributed by atoms with E-state index in [1.54, 1.807) is 0 Å². The van der Waals surface area contributed by atoms with Gasteiger partial charge in [0, 0.05) is 56.7 Å². The summed E-state index contributed by atoms with van der Waals surface area (Å²) in [4.78, 5) is 7.53. The number of hydrogen-bond donors (Lipinski definition) is 0. The molecular formula is C22H30N3P. The molecule has 2 saturated heterocycles. The van der Waals surface area contributed by atoms with Gasteiger partial charge in [-0.05, 0) is 30.4 Å². The lowest BCUT2D eigenvalue weighted by atomic mass is 9.88. The molecule has 3 aliphatic rings. The maximum absolute atomic E-state index is 4.45. The van der Waals surface area contributed by atoms with E-state index in [2.05, 4.69) is 77.7 Å². The predicted octanol–water partition coefficient (Wildman–Crippen LogP) is 3.61. The molecule has 1 aromatic rings. The van der Waals surface area contributed by atoms with Crippen LogP contribution in [0.4, 0.5) is 0 Å². The Morgan fingerprint density at radius 3 is 2.58 bits per heavy atom. The van der Waals surface area contributed by atoms with Crippen molar-refractivity contribution in [1.82, 2.24) is 14.7 Å². The van der Waals surface area contributed by atoms with Crippen molar-refractivity contribution in [2.24, 2.45) is 0 Å². The lowest BCUT2D eigenvalue weighted by Gasteiger charge is -2.44. The molecule has 3 aliphatic heterocycles. The standard InChI is InChI=1S/C22H30N3P/c1-17-7-4-5-8-20(17)19-15-25(16-19)18(2)21-9-6-10-22(26-21)24-13-11-23(3)12-14-24/h4-10,19,22,26H,2,11-16H2,1,3H3. The van der Waals surface area contributed by atoms with Crippen LogP contribution < -0.4 is 0 Å². The van der Waals surface area contributed by atoms with E-state index in [0.29, 0.717) is 11.7 Å². The zero-order chi connectivity index (χ0) is 18.1. The van der Waals surface area contributed by atoms with Crippen molar-refractivity contribution in [3.05, 3.63) is 71.2 Å². The molecule has 4 rings (SSSR count). The number of hydrogen-bond acceptors (Lipinski definition) is 3. The Hall–Kier alpha value is -1.41. The fourth-order valence-electron chi connectivity index (χ4n) is 4.12. The number of aryl methyl sites for hydroxylation is 1. The molecule has 2 unspecified atom stereocenters. The van der Waals surface area contributed by atoms with Crippen LogP contribution >= 0.6 is 8.58 Å². The summed E-state index contributed by atoms with van der Waals surface area (Å²) in [6, 6.07) is 8.81. The first kappa shape index (κ1) is 18.0. The molecule has 26 heavy (non-hydrogen) atoms. The Morgan fingerprint density at radius 2 is 1.85 bits per heavy atom. The van der Waals surface area contributed by atoms with Crippen LogP contribution in [0.2, 0.25) is 0 Å². The zero-order valence-corrected chi connectivity index (χ0v) is 17.0. The number of benzene rings is 1. The number of rotatable bonds is 4. The molecule has 2 atom stereocenters. The van der Waals surface area contributed by atoms with E-state index in [1.807, 2.05) is 0 Å². The van der Waals surface area contributed by atoms with Gasteiger partial charge < -0.3 is 9.80 Å². The second-order valence-electron chi connectivity index (χ2n) is 7.80. The highest BCUT2D eigenvalue weighted by molar-refractivity contribution is 7.44. The maximum atomic E-state index is 4.45. The number of likely N-dealkylation sites (tertiary alicyclic amines) is 1. The first-order chi connectivity index (χ1) is 12.6. The van der Waals surface area contributed by atoms with Crippen molar-refractivity contribution in [2.75, 3.05) is 46.3 Å². The average Bonchev–Trinajstić information content (AvgIpc) is 2.63. The van der Waals surface area contributed by atoms with Crippen LogP contribution in [0, 0.1) is 6.92 Å². The molecule has 0 N–H and O–H groups in total. The zero-order valence-electron chi connectivity index (χ0n) is 16.0. The molecule has 0 bridgehead atoms. The third kappa shape index (κ3) is 3.67. The fraction of sp³-hybridized carbons (Fsp3) is 0.455. The predicted molar refractivity (Wildman–Crippen MR) is 113 cm³/mol. The monoisotopic (exact) mass is 367 g/mol. The average molecular weight is 367 g/mol. The summed E-state index contributed by atoms with van der Waals surface area (Å²) in [5, 5.41) is 1.44. The third-order valence-corrected chi connectivity index (χ3v) is 7.61. The lowest BCUT2D eigenvalue weighted by Crippen LogP contribution is -2.47. The largest absolute Gasteiger partial charge is 0.370 e. The van der Waals surface area contributed by atoms with Crippen LogP contribution in [0.15, 0.2) is 60.1 Å². The molecule has 0 saturated carbocycles. The van der Waals surface area contributed by atoms with E-state index in [-0.39, 0.29) is 0 Å². The normalized spacial score (nSPS) is 26.0. The third-order valence-electron chi connectivity index (χ3n) is 5.99. The lowest BCUT2D eigenvalue weighted by molar-refractivity contribution is 0.156. The minimum Gasteiger partial charge on any atom is -0.370 e. The summed E-state index contributed by atoms with van der Waals surface area (Å²) < 4.78 is 0. The van der Waals surface area contributed by atoms with Crippen molar-refractivity contribution in [1.29, 1.82) is 0 Å². The Labute approximate surface area is 159 Å². The van der Waals surface area contributed by atoms with Crippen molar-refractivity contribution in [3.63, 3.8) is 0 Å². The Kier molecular flexibility index (Phi) is 5.31. The van der Waals surface area contributed by atoms with Gasteiger partial charge in [0.15, 0.2) is 0 Å². The summed E-state index contributed by atoms with van der Waals surface area (Å²) in [6.45, 7) is 13.6. The molecule has 3 heterocycles. The van der Waals surface area contributed by atoms with Gasteiger partial charge in [-0.3, -0.25) is 4.90 Å². The fourth-order valence-corrected chi connectivity index (χ4v) is 5.60. The smallest absolute Gasteiger partial charge is 0.0495 e. The number of allylic oxidation sites excluding steroid dienone is 3. The second-order valence-corrected chi connectivity index (χ2v) is 9.22. The Bertz CT molecular complexity index is 725. The summed E-state index contributed by atoms with van der Waals surface area (Å²) in [6.07, 6.45) is 6.92. The van der Waals surface area contributed by atoms with Crippen LogP contribution in [0.1, 0.15) is 17.0 Å². The summed E-state index contributed by atoms with van der Waals surface area (Å²) in [7, 11) is 3.03. The van der Waals surface area contributed by atoms with Crippen molar-refractivity contribution in [2.45, 2.75) is 18.6 Å². The van der Waals surface area contributed by atoms with Gasteiger partial charge in [-0.15, -0.1) is 0 Å². The highest BCUT2D eigenvalue weighted by Gasteiger charge is 2.32. The van der Waals surface area contributed by atoms with E-state index >= 15 is 0 Å². The minimum absolute atomic E-state index is 0.564. The van der Waals surface area contributed by atoms with Gasteiger partial charge in [0.25, 0.3) is 0 Å². The summed E-state index contributed by atoms with van der Waals surface area (Å²) in [5.41, 5.74) is 4.17. The molecule has 4 heteroatoms. The van der Waals surface area contributed by atoms with E-state index < -0.39 is 0 Å². The van der Waals surface area contributed by atoms with Gasteiger partial charge in [0.05, 0.1) is 0 Å². The van der Waals surface area contributed by atoms with Crippen molar-refractivity contribution >= 4 is 8.58 Å². The van der Waals surface area contributed by atoms with E-state index in [4.69, 9.17) is 0 Å². The molecule has 2 fully saturated rings. The number of piperazine rings is 1. The molecule has 0 spiro atoms. The molecule has 138 valence electrons. The first-order valence-corrected chi connectivity index (χ1v) is 10.8. The Morgan fingerprint density at radius 1 is 1.12 bits per heavy atom. The molecule has 0 amide bonds. The van der Waals surface area contributed by atoms with Crippen LogP contribution in [-0.2, 0) is 0 Å². The van der Waals surface area contributed by atoms with Gasteiger partial charge in [-0.2, -0.15) is 0 Å². The van der Waals surface area contributed by atoms with Gasteiger partial charge in [-0.1, -0.05) is 57.7 Å². The number of likely N-dealkylation sites (N-methyl/N-ethyl adjacent to an activating group) is 1. The molecule has 1 aromatic carbocycles. The van der Waals surface area contributed by atoms with E-state index in [0.717, 1.165) is 21.7 Å². The molecular weight excluding hydrogens is 337 g/mol. The first-order valence-electron chi connectivity index (χ1n) is 9.69. The van der Waals surface area contributed by atoms with E-state index in [1.165, 1.54) is 48.3 Å². The topological polar surface area (TPSA) is 9.72 Å². The Balaban J connectivity index is 1.34. The second kappa shape index (κ2) is 7.68. The van der Waals surface area contributed by atoms with Crippen LogP contribution in [-0.4, -0.2) is 66.8 Å². The quantitative estimate of drug-likeness (QED) is 0.753. The minimum atomic E-state index is 0.564. The molecule has 0 aromatic heterocycles. The maximum Gasteiger partial charge on any atom is 0.0495 e. The van der Waals surface area contributed by atoms with Crippen molar-refractivity contribution < 1.29 is 0 Å². The highest BCUT2D eigenvalue weighted by atomic mass is 31.1. The summed E-state index contributed by atoms with van der Waals surface area (Å²) >= 11 is 0. The van der Waals surface area contributed by atoms with Gasteiger partial charge >= 0.3 is 0 Å². The number of nitrogens with zero attached hydrogens (tertiary/aromatic N) is 3. The van der Waals surface area contributed by atoms with Gasteiger partial charge in [-0.25, -0.2) is 0 Å². The van der Waals surface area contributed by atoms with Crippen LogP contribution in [0.25, 0.3) is 0 Å². The van der Waals surface area contributed by atoms with E-state index in [9.17, 15) is 0 Å². The highest BCUT2D eigenvalue weighted by Crippen LogP contribution is 2.43. The van der Waals surface area contributed by atoms with Gasteiger partial charge in [0.2, 0.25) is 0 Å². The SMILES string of the molecule is C=C(C1=CC=CC(N2CCN(C)CC2)P1)N1CC(c2ccccc2C)C1. The van der Waals surface area contributed by atoms with Gasteiger partial charge in [0.1, 0.15) is 0 Å². The summed E-state index contributed by atoms with van der Waals surface area (Å²) in [5.74, 6) is 1.22. The molecule has 3 nitrogen and oxygen atoms in total. The van der Waals surface area contributed by atoms with Crippen LogP contribution in [0.3, 0.4) is 0 Å². The molecule has 0 radical (unpaired) electrons. The van der Waals surface area contributed by atoms with Crippen molar-refractivity contribution in [3.8, 4) is 0 Å².